The fraction of sp³-hybridized carbons (Fsp3) is 0.111. The number of nitrogens with one attached hydrogen (secondary N) is 1. The average Bonchev–Trinajstić information content (AvgIpc) is 2.85. The topological polar surface area (TPSA) is 67.9 Å². The molecule has 0 aliphatic carbocycles. The molecule has 0 saturated carbocycles. The number of anilines is 2. The first-order chi connectivity index (χ1) is 12.5. The highest BCUT2D eigenvalue weighted by molar-refractivity contribution is 6.53. The Morgan fingerprint density at radius 2 is 1.73 bits per heavy atom. The molecule has 134 valence electrons. The minimum Gasteiger partial charge on any atom is -0.497 e. The van der Waals surface area contributed by atoms with Gasteiger partial charge in [-0.05, 0) is 30.3 Å². The van der Waals surface area contributed by atoms with Crippen LogP contribution in [-0.4, -0.2) is 26.0 Å². The van der Waals surface area contributed by atoms with Crippen molar-refractivity contribution in [3.8, 4) is 11.5 Å². The molecule has 0 aromatic heterocycles. The minimum atomic E-state index is -0.648. The van der Waals surface area contributed by atoms with Gasteiger partial charge >= 0.3 is 0 Å². The van der Waals surface area contributed by atoms with Gasteiger partial charge in [0.2, 0.25) is 0 Å². The van der Waals surface area contributed by atoms with Crippen molar-refractivity contribution in [3.63, 3.8) is 0 Å². The zero-order valence-corrected chi connectivity index (χ0v) is 15.4. The lowest BCUT2D eigenvalue weighted by Crippen LogP contribution is -2.32. The first-order valence-corrected chi connectivity index (χ1v) is 8.25. The molecule has 0 fully saturated rings. The number of rotatable bonds is 5. The molecule has 2 aromatic carbocycles. The van der Waals surface area contributed by atoms with Gasteiger partial charge in [-0.15, -0.1) is 0 Å². The molecule has 0 atom stereocenters. The van der Waals surface area contributed by atoms with Crippen molar-refractivity contribution >= 4 is 46.4 Å². The zero-order chi connectivity index (χ0) is 18.8. The number of ether oxygens (including phenoxy) is 2. The summed E-state index contributed by atoms with van der Waals surface area (Å²) in [6.45, 7) is 0. The normalized spacial score (nSPS) is 14.1. The number of carbonyl (C=O) groups is 2. The van der Waals surface area contributed by atoms with Gasteiger partial charge in [0.05, 0.1) is 19.9 Å². The Labute approximate surface area is 159 Å². The van der Waals surface area contributed by atoms with E-state index in [9.17, 15) is 9.59 Å². The number of halogens is 2. The largest absolute Gasteiger partial charge is 0.497 e. The molecule has 0 radical (unpaired) electrons. The number of imide groups is 1. The summed E-state index contributed by atoms with van der Waals surface area (Å²) in [5, 5.41) is 3.13. The second-order valence-electron chi connectivity index (χ2n) is 5.31. The van der Waals surface area contributed by atoms with Crippen molar-refractivity contribution in [1.29, 1.82) is 0 Å². The highest BCUT2D eigenvalue weighted by atomic mass is 35.5. The summed E-state index contributed by atoms with van der Waals surface area (Å²) < 4.78 is 10.4. The van der Waals surface area contributed by atoms with Gasteiger partial charge in [0.1, 0.15) is 22.2 Å². The molecular weight excluding hydrogens is 379 g/mol. The van der Waals surface area contributed by atoms with Crippen LogP contribution in [0.15, 0.2) is 53.2 Å². The molecule has 0 saturated heterocycles. The summed E-state index contributed by atoms with van der Waals surface area (Å²) in [5.41, 5.74) is 0.775. The monoisotopic (exact) mass is 392 g/mol. The molecule has 1 N–H and O–H groups in total. The van der Waals surface area contributed by atoms with Crippen LogP contribution < -0.4 is 19.7 Å². The van der Waals surface area contributed by atoms with Crippen LogP contribution in [0.5, 0.6) is 11.5 Å². The lowest BCUT2D eigenvalue weighted by molar-refractivity contribution is -0.120. The van der Waals surface area contributed by atoms with Gasteiger partial charge in [-0.25, -0.2) is 4.90 Å². The smallest absolute Gasteiger partial charge is 0.283 e. The SMILES string of the molecule is COc1ccc(N2C(=O)C(Cl)=C(Nc3cccc(Cl)c3)C2=O)c(OC)c1. The summed E-state index contributed by atoms with van der Waals surface area (Å²) in [4.78, 5) is 26.3. The zero-order valence-electron chi connectivity index (χ0n) is 13.9. The fourth-order valence-corrected chi connectivity index (χ4v) is 2.91. The van der Waals surface area contributed by atoms with E-state index < -0.39 is 11.8 Å². The van der Waals surface area contributed by atoms with Gasteiger partial charge in [-0.1, -0.05) is 29.3 Å². The van der Waals surface area contributed by atoms with Crippen molar-refractivity contribution in [2.75, 3.05) is 24.4 Å². The molecule has 2 aromatic rings. The Bertz CT molecular complexity index is 927. The summed E-state index contributed by atoms with van der Waals surface area (Å²) in [6, 6.07) is 11.5. The third kappa shape index (κ3) is 3.21. The predicted octanol–water partition coefficient (Wildman–Crippen LogP) is 3.79. The van der Waals surface area contributed by atoms with Gasteiger partial charge in [0, 0.05) is 16.8 Å². The number of hydrogen-bond acceptors (Lipinski definition) is 5. The highest BCUT2D eigenvalue weighted by Gasteiger charge is 2.40. The molecule has 2 amide bonds. The van der Waals surface area contributed by atoms with Gasteiger partial charge in [-0.2, -0.15) is 0 Å². The molecular formula is C18H14Cl2N2O4. The fourth-order valence-electron chi connectivity index (χ4n) is 2.51. The van der Waals surface area contributed by atoms with Crippen LogP contribution in [0.1, 0.15) is 0 Å². The maximum atomic E-state index is 12.8. The van der Waals surface area contributed by atoms with Crippen molar-refractivity contribution in [2.45, 2.75) is 0 Å². The molecule has 0 spiro atoms. The Balaban J connectivity index is 1.96. The maximum Gasteiger partial charge on any atom is 0.283 e. The quantitative estimate of drug-likeness (QED) is 0.783. The number of amides is 2. The van der Waals surface area contributed by atoms with Gasteiger partial charge in [0.15, 0.2) is 0 Å². The minimum absolute atomic E-state index is 0.0307. The molecule has 0 unspecified atom stereocenters. The molecule has 0 bridgehead atoms. The molecule has 3 rings (SSSR count). The van der Waals surface area contributed by atoms with Crippen LogP contribution in [0.4, 0.5) is 11.4 Å². The summed E-state index contributed by atoms with van der Waals surface area (Å²) >= 11 is 12.1. The van der Waals surface area contributed by atoms with Gasteiger partial charge < -0.3 is 14.8 Å². The van der Waals surface area contributed by atoms with E-state index in [1.165, 1.54) is 14.2 Å². The van der Waals surface area contributed by atoms with Gasteiger partial charge in [0.25, 0.3) is 11.8 Å². The highest BCUT2D eigenvalue weighted by Crippen LogP contribution is 2.37. The van der Waals surface area contributed by atoms with Crippen LogP contribution >= 0.6 is 23.2 Å². The van der Waals surface area contributed by atoms with Crippen LogP contribution in [0.2, 0.25) is 5.02 Å². The van der Waals surface area contributed by atoms with Crippen molar-refractivity contribution in [2.24, 2.45) is 0 Å². The summed E-state index contributed by atoms with van der Waals surface area (Å²) in [7, 11) is 2.94. The lowest BCUT2D eigenvalue weighted by Gasteiger charge is -2.18. The van der Waals surface area contributed by atoms with E-state index in [-0.39, 0.29) is 16.4 Å². The third-order valence-electron chi connectivity index (χ3n) is 3.75. The van der Waals surface area contributed by atoms with E-state index in [1.807, 2.05) is 0 Å². The van der Waals surface area contributed by atoms with E-state index in [2.05, 4.69) is 5.32 Å². The Hall–Kier alpha value is -2.70. The lowest BCUT2D eigenvalue weighted by atomic mass is 10.2. The standard InChI is InChI=1S/C18H14Cl2N2O4/c1-25-12-6-7-13(14(9-12)26-2)22-17(23)15(20)16(18(22)24)21-11-5-3-4-10(19)8-11/h3-9,21H,1-2H3. The second kappa shape index (κ2) is 7.27. The first kappa shape index (κ1) is 18.1. The molecule has 1 heterocycles. The van der Waals surface area contributed by atoms with Crippen LogP contribution in [0.3, 0.4) is 0 Å². The molecule has 26 heavy (non-hydrogen) atoms. The van der Waals surface area contributed by atoms with Crippen molar-refractivity contribution < 1.29 is 19.1 Å². The number of methoxy groups -OCH3 is 2. The van der Waals surface area contributed by atoms with E-state index in [0.29, 0.717) is 22.2 Å². The van der Waals surface area contributed by atoms with Crippen molar-refractivity contribution in [1.82, 2.24) is 0 Å². The van der Waals surface area contributed by atoms with E-state index in [1.54, 1.807) is 42.5 Å². The number of carbonyl (C=O) groups excluding carboxylic acids is 2. The van der Waals surface area contributed by atoms with Gasteiger partial charge in [-0.3, -0.25) is 9.59 Å². The number of nitrogens with zero attached hydrogens (tertiary/aromatic N) is 1. The summed E-state index contributed by atoms with van der Waals surface area (Å²) in [6.07, 6.45) is 0. The van der Waals surface area contributed by atoms with E-state index in [4.69, 9.17) is 32.7 Å². The molecule has 1 aliphatic rings. The Morgan fingerprint density at radius 3 is 2.38 bits per heavy atom. The first-order valence-electron chi connectivity index (χ1n) is 7.49. The second-order valence-corrected chi connectivity index (χ2v) is 6.12. The van der Waals surface area contributed by atoms with Crippen LogP contribution in [-0.2, 0) is 9.59 Å². The molecule has 8 heteroatoms. The number of benzene rings is 2. The van der Waals surface area contributed by atoms with Crippen molar-refractivity contribution in [3.05, 3.63) is 58.2 Å². The van der Waals surface area contributed by atoms with E-state index in [0.717, 1.165) is 4.90 Å². The third-order valence-corrected chi connectivity index (χ3v) is 4.33. The summed E-state index contributed by atoms with van der Waals surface area (Å²) in [5.74, 6) is -0.409. The van der Waals surface area contributed by atoms with Crippen LogP contribution in [0, 0.1) is 0 Å². The van der Waals surface area contributed by atoms with E-state index >= 15 is 0 Å². The average molecular weight is 393 g/mol. The Morgan fingerprint density at radius 1 is 0.962 bits per heavy atom. The molecule has 6 nitrogen and oxygen atoms in total. The number of hydrogen-bond donors (Lipinski definition) is 1. The maximum absolute atomic E-state index is 12.8. The Kier molecular flexibility index (Phi) is 5.06. The molecule has 1 aliphatic heterocycles. The van der Waals surface area contributed by atoms with Crippen LogP contribution in [0.25, 0.3) is 0 Å². The predicted molar refractivity (Wildman–Crippen MR) is 100.0 cm³/mol.